The summed E-state index contributed by atoms with van der Waals surface area (Å²) in [5.41, 5.74) is 3.65. The predicted octanol–water partition coefficient (Wildman–Crippen LogP) is 5.17. The third-order valence-electron chi connectivity index (χ3n) is 3.19. The van der Waals surface area contributed by atoms with Crippen molar-refractivity contribution in [1.29, 1.82) is 0 Å². The molecule has 0 radical (unpaired) electrons. The first-order chi connectivity index (χ1) is 9.16. The maximum absolute atomic E-state index is 12.4. The third-order valence-corrected chi connectivity index (χ3v) is 4.67. The van der Waals surface area contributed by atoms with E-state index < -0.39 is 0 Å². The summed E-state index contributed by atoms with van der Waals surface area (Å²) in [6, 6.07) is 15.7. The Balaban J connectivity index is 2.08. The highest BCUT2D eigenvalue weighted by molar-refractivity contribution is 9.10. The number of rotatable bonds is 1. The van der Waals surface area contributed by atoms with Gasteiger partial charge in [-0.2, -0.15) is 0 Å². The zero-order valence-electron chi connectivity index (χ0n) is 9.94. The average Bonchev–Trinajstić information content (AvgIpc) is 2.65. The first-order valence-corrected chi connectivity index (χ1v) is 7.62. The Morgan fingerprint density at radius 1 is 1.05 bits per heavy atom. The average molecular weight is 378 g/mol. The van der Waals surface area contributed by atoms with E-state index in [4.69, 9.17) is 0 Å². The summed E-state index contributed by atoms with van der Waals surface area (Å²) in [5.74, 6) is 0.105. The fourth-order valence-electron chi connectivity index (χ4n) is 2.26. The zero-order valence-corrected chi connectivity index (χ0v) is 13.1. The number of ketones is 1. The van der Waals surface area contributed by atoms with Crippen LogP contribution in [0, 0.1) is 0 Å². The molecule has 0 N–H and O–H groups in total. The Hall–Kier alpha value is -1.19. The van der Waals surface area contributed by atoms with Gasteiger partial charge in [0.1, 0.15) is 0 Å². The molecule has 0 spiro atoms. The summed E-state index contributed by atoms with van der Waals surface area (Å²) in [6.07, 6.45) is 1.95. The van der Waals surface area contributed by atoms with E-state index in [1.165, 1.54) is 0 Å². The number of alkyl halides is 1. The minimum Gasteiger partial charge on any atom is -0.289 e. The van der Waals surface area contributed by atoms with Gasteiger partial charge in [0.15, 0.2) is 5.78 Å². The number of allylic oxidation sites excluding steroid dienone is 1. The van der Waals surface area contributed by atoms with Crippen LogP contribution in [0.5, 0.6) is 0 Å². The predicted molar refractivity (Wildman–Crippen MR) is 84.6 cm³/mol. The quantitative estimate of drug-likeness (QED) is 0.495. The molecule has 0 bridgehead atoms. The van der Waals surface area contributed by atoms with Gasteiger partial charge in [-0.1, -0.05) is 62.2 Å². The number of benzene rings is 2. The molecule has 1 unspecified atom stereocenters. The minimum absolute atomic E-state index is 0.0345. The van der Waals surface area contributed by atoms with E-state index in [-0.39, 0.29) is 10.6 Å². The van der Waals surface area contributed by atoms with Crippen LogP contribution in [0.2, 0.25) is 0 Å². The molecule has 2 aromatic rings. The molecule has 0 saturated heterocycles. The van der Waals surface area contributed by atoms with Gasteiger partial charge in [-0.05, 0) is 35.4 Å². The van der Waals surface area contributed by atoms with Crippen molar-refractivity contribution < 1.29 is 4.79 Å². The van der Waals surface area contributed by atoms with E-state index in [0.29, 0.717) is 0 Å². The van der Waals surface area contributed by atoms with Crippen molar-refractivity contribution in [3.05, 3.63) is 75.3 Å². The molecular formula is C16H10Br2O. The summed E-state index contributed by atoms with van der Waals surface area (Å²) in [7, 11) is 0. The smallest absolute Gasteiger partial charge is 0.190 e. The van der Waals surface area contributed by atoms with E-state index >= 15 is 0 Å². The lowest BCUT2D eigenvalue weighted by Crippen LogP contribution is -1.95. The Morgan fingerprint density at radius 2 is 1.79 bits per heavy atom. The summed E-state index contributed by atoms with van der Waals surface area (Å²) in [4.78, 5) is 12.4. The Kier molecular flexibility index (Phi) is 3.42. The van der Waals surface area contributed by atoms with Crippen molar-refractivity contribution in [1.82, 2.24) is 0 Å². The normalized spacial score (nSPS) is 19.8. The van der Waals surface area contributed by atoms with Crippen molar-refractivity contribution in [3.63, 3.8) is 0 Å². The van der Waals surface area contributed by atoms with Crippen LogP contribution in [0.4, 0.5) is 0 Å². The molecule has 19 heavy (non-hydrogen) atoms. The molecule has 94 valence electrons. The molecule has 3 rings (SSSR count). The second kappa shape index (κ2) is 5.06. The van der Waals surface area contributed by atoms with Crippen molar-refractivity contribution in [2.75, 3.05) is 0 Å². The Labute approximate surface area is 128 Å². The molecule has 1 nitrogen and oxygen atoms in total. The van der Waals surface area contributed by atoms with Gasteiger partial charge < -0.3 is 0 Å². The maximum atomic E-state index is 12.4. The maximum Gasteiger partial charge on any atom is 0.190 e. The highest BCUT2D eigenvalue weighted by atomic mass is 79.9. The first-order valence-electron chi connectivity index (χ1n) is 5.91. The van der Waals surface area contributed by atoms with Crippen LogP contribution in [0.3, 0.4) is 0 Å². The van der Waals surface area contributed by atoms with Crippen LogP contribution in [-0.4, -0.2) is 5.78 Å². The molecule has 0 amide bonds. The van der Waals surface area contributed by atoms with Crippen LogP contribution in [-0.2, 0) is 0 Å². The van der Waals surface area contributed by atoms with Crippen molar-refractivity contribution in [2.24, 2.45) is 0 Å². The summed E-state index contributed by atoms with van der Waals surface area (Å²) >= 11 is 7.07. The van der Waals surface area contributed by atoms with Gasteiger partial charge in [0.2, 0.25) is 0 Å². The van der Waals surface area contributed by atoms with Crippen molar-refractivity contribution in [3.8, 4) is 0 Å². The van der Waals surface area contributed by atoms with Gasteiger partial charge in [0, 0.05) is 15.6 Å². The van der Waals surface area contributed by atoms with Crippen LogP contribution in [0.25, 0.3) is 6.08 Å². The van der Waals surface area contributed by atoms with Crippen molar-refractivity contribution in [2.45, 2.75) is 4.83 Å². The van der Waals surface area contributed by atoms with E-state index in [2.05, 4.69) is 31.9 Å². The zero-order chi connectivity index (χ0) is 13.4. The summed E-state index contributed by atoms with van der Waals surface area (Å²) in [5, 5.41) is 0. The number of fused-ring (bicyclic) bond motifs is 1. The topological polar surface area (TPSA) is 17.1 Å². The molecule has 0 aromatic heterocycles. The number of hydrogen-bond donors (Lipinski definition) is 0. The summed E-state index contributed by atoms with van der Waals surface area (Å²) in [6.45, 7) is 0. The molecule has 0 fully saturated rings. The van der Waals surface area contributed by atoms with E-state index in [1.807, 2.05) is 54.6 Å². The molecule has 3 heteroatoms. The molecule has 1 aliphatic rings. The number of halogens is 2. The molecule has 1 atom stereocenters. The second-order valence-electron chi connectivity index (χ2n) is 4.43. The monoisotopic (exact) mass is 376 g/mol. The lowest BCUT2D eigenvalue weighted by Gasteiger charge is -2.04. The highest BCUT2D eigenvalue weighted by Crippen LogP contribution is 2.43. The van der Waals surface area contributed by atoms with Gasteiger partial charge in [0.05, 0.1) is 4.83 Å². The fourth-order valence-corrected chi connectivity index (χ4v) is 3.35. The standard InChI is InChI=1S/C16H10Br2O/c17-11-6-7-12-13(9-11)15(18)14(16(12)19)8-10-4-2-1-3-5-10/h1-9,15H/b14-8+. The van der Waals surface area contributed by atoms with Crippen LogP contribution < -0.4 is 0 Å². The second-order valence-corrected chi connectivity index (χ2v) is 6.26. The van der Waals surface area contributed by atoms with Gasteiger partial charge >= 0.3 is 0 Å². The summed E-state index contributed by atoms with van der Waals surface area (Å²) < 4.78 is 0.990. The van der Waals surface area contributed by atoms with Gasteiger partial charge in [0.25, 0.3) is 0 Å². The Morgan fingerprint density at radius 3 is 2.53 bits per heavy atom. The van der Waals surface area contributed by atoms with Crippen molar-refractivity contribution >= 4 is 43.7 Å². The molecule has 1 aliphatic carbocycles. The van der Waals surface area contributed by atoms with Gasteiger partial charge in [-0.25, -0.2) is 0 Å². The van der Waals surface area contributed by atoms with Gasteiger partial charge in [-0.3, -0.25) is 4.79 Å². The van der Waals surface area contributed by atoms with Crippen LogP contribution in [0.15, 0.2) is 58.6 Å². The SMILES string of the molecule is O=C1/C(=C/c2ccccc2)C(Br)c2cc(Br)ccc21. The minimum atomic E-state index is -0.0345. The van der Waals surface area contributed by atoms with E-state index in [9.17, 15) is 4.79 Å². The molecule has 0 saturated carbocycles. The Bertz CT molecular complexity index is 674. The lowest BCUT2D eigenvalue weighted by molar-refractivity contribution is 0.104. The third kappa shape index (κ3) is 2.33. The first kappa shape index (κ1) is 12.8. The molecule has 0 aliphatic heterocycles. The lowest BCUT2D eigenvalue weighted by atomic mass is 10.1. The molecule has 0 heterocycles. The number of Topliss-reactive ketones (excluding diaryl/α,β-unsaturated/α-hetero) is 1. The fraction of sp³-hybridized carbons (Fsp3) is 0.0625. The highest BCUT2D eigenvalue weighted by Gasteiger charge is 2.32. The van der Waals surface area contributed by atoms with Crippen LogP contribution >= 0.6 is 31.9 Å². The molecule has 2 aromatic carbocycles. The van der Waals surface area contributed by atoms with E-state index in [1.54, 1.807) is 0 Å². The molecular weight excluding hydrogens is 368 g/mol. The van der Waals surface area contributed by atoms with Crippen LogP contribution in [0.1, 0.15) is 26.3 Å². The van der Waals surface area contributed by atoms with Gasteiger partial charge in [-0.15, -0.1) is 0 Å². The van der Waals surface area contributed by atoms with E-state index in [0.717, 1.165) is 26.7 Å². The number of hydrogen-bond acceptors (Lipinski definition) is 1. The number of carbonyl (C=O) groups is 1. The number of carbonyl (C=O) groups excluding carboxylic acids is 1. The largest absolute Gasteiger partial charge is 0.289 e.